The van der Waals surface area contributed by atoms with Gasteiger partial charge >= 0.3 is 5.97 Å². The second-order valence-corrected chi connectivity index (χ2v) is 6.44. The van der Waals surface area contributed by atoms with E-state index in [0.29, 0.717) is 17.1 Å². The van der Waals surface area contributed by atoms with E-state index in [0.717, 1.165) is 10.0 Å². The standard InChI is InChI=1S/C17H18BrN3O4/c1-9-7-12(5-6-13(9)18)19-14(22)8-25-17(24)16(23)15-10(2)20-21(4)11(15)3/h5-7H,8H2,1-4H3,(H,19,22). The molecule has 0 atom stereocenters. The predicted molar refractivity (Wildman–Crippen MR) is 95.5 cm³/mol. The Balaban J connectivity index is 1.95. The van der Waals surface area contributed by atoms with Crippen LogP contribution >= 0.6 is 15.9 Å². The number of hydrogen-bond donors (Lipinski definition) is 1. The zero-order valence-corrected chi connectivity index (χ0v) is 15.9. The molecule has 0 spiro atoms. The van der Waals surface area contributed by atoms with Gasteiger partial charge in [0.15, 0.2) is 6.61 Å². The molecule has 0 aliphatic rings. The van der Waals surface area contributed by atoms with Gasteiger partial charge in [-0.05, 0) is 44.5 Å². The molecular weight excluding hydrogens is 390 g/mol. The van der Waals surface area contributed by atoms with Gasteiger partial charge in [-0.15, -0.1) is 0 Å². The van der Waals surface area contributed by atoms with Crippen molar-refractivity contribution in [3.05, 3.63) is 45.2 Å². The van der Waals surface area contributed by atoms with Crippen molar-refractivity contribution >= 4 is 39.3 Å². The fourth-order valence-corrected chi connectivity index (χ4v) is 2.57. The molecule has 7 nitrogen and oxygen atoms in total. The summed E-state index contributed by atoms with van der Waals surface area (Å²) in [5.41, 5.74) is 2.74. The van der Waals surface area contributed by atoms with Crippen LogP contribution in [0.5, 0.6) is 0 Å². The molecule has 2 rings (SSSR count). The summed E-state index contributed by atoms with van der Waals surface area (Å²) in [6.07, 6.45) is 0. The number of hydrogen-bond acceptors (Lipinski definition) is 5. The van der Waals surface area contributed by atoms with Gasteiger partial charge < -0.3 is 10.1 Å². The first-order chi connectivity index (χ1) is 11.7. The van der Waals surface area contributed by atoms with Crippen molar-refractivity contribution in [2.75, 3.05) is 11.9 Å². The van der Waals surface area contributed by atoms with Gasteiger partial charge in [0.05, 0.1) is 11.3 Å². The van der Waals surface area contributed by atoms with E-state index < -0.39 is 24.3 Å². The summed E-state index contributed by atoms with van der Waals surface area (Å²) in [6, 6.07) is 5.29. The molecule has 0 aliphatic heterocycles. The number of aryl methyl sites for hydroxylation is 3. The van der Waals surface area contributed by atoms with E-state index in [2.05, 4.69) is 26.3 Å². The number of nitrogens with one attached hydrogen (secondary N) is 1. The average Bonchev–Trinajstić information content (AvgIpc) is 2.80. The Hall–Kier alpha value is -2.48. The maximum absolute atomic E-state index is 12.2. The molecular formula is C17H18BrN3O4. The maximum Gasteiger partial charge on any atom is 0.380 e. The van der Waals surface area contributed by atoms with Crippen molar-refractivity contribution in [2.45, 2.75) is 20.8 Å². The summed E-state index contributed by atoms with van der Waals surface area (Å²) in [7, 11) is 1.68. The predicted octanol–water partition coefficient (Wildman–Crippen LogP) is 2.47. The van der Waals surface area contributed by atoms with Gasteiger partial charge in [0.1, 0.15) is 0 Å². The topological polar surface area (TPSA) is 90.3 Å². The summed E-state index contributed by atoms with van der Waals surface area (Å²) in [5.74, 6) is -2.42. The van der Waals surface area contributed by atoms with Crippen LogP contribution in [0.15, 0.2) is 22.7 Å². The molecule has 25 heavy (non-hydrogen) atoms. The average molecular weight is 408 g/mol. The lowest BCUT2D eigenvalue weighted by Crippen LogP contribution is -2.25. The van der Waals surface area contributed by atoms with Gasteiger partial charge in [-0.25, -0.2) is 4.79 Å². The molecule has 0 saturated heterocycles. The normalized spacial score (nSPS) is 10.4. The zero-order chi connectivity index (χ0) is 18.7. The largest absolute Gasteiger partial charge is 0.450 e. The summed E-state index contributed by atoms with van der Waals surface area (Å²) in [5, 5.41) is 6.69. The monoisotopic (exact) mass is 407 g/mol. The Kier molecular flexibility index (Phi) is 5.73. The van der Waals surface area contributed by atoms with Crippen molar-refractivity contribution in [1.29, 1.82) is 0 Å². The first-order valence-electron chi connectivity index (χ1n) is 7.48. The van der Waals surface area contributed by atoms with Crippen LogP contribution in [0.3, 0.4) is 0 Å². The molecule has 8 heteroatoms. The maximum atomic E-state index is 12.2. The third-order valence-corrected chi connectivity index (χ3v) is 4.59. The molecule has 0 radical (unpaired) electrons. The second kappa shape index (κ2) is 7.60. The van der Waals surface area contributed by atoms with Crippen LogP contribution in [-0.4, -0.2) is 34.0 Å². The van der Waals surface area contributed by atoms with Crippen LogP contribution in [0.4, 0.5) is 5.69 Å². The lowest BCUT2D eigenvalue weighted by Gasteiger charge is -2.08. The minimum atomic E-state index is -1.08. The second-order valence-electron chi connectivity index (χ2n) is 5.59. The lowest BCUT2D eigenvalue weighted by molar-refractivity contribution is -0.142. The Morgan fingerprint density at radius 1 is 1.24 bits per heavy atom. The first-order valence-corrected chi connectivity index (χ1v) is 8.27. The highest BCUT2D eigenvalue weighted by Gasteiger charge is 2.25. The fraction of sp³-hybridized carbons (Fsp3) is 0.294. The van der Waals surface area contributed by atoms with Crippen LogP contribution in [0.2, 0.25) is 0 Å². The van der Waals surface area contributed by atoms with Gasteiger partial charge in [0.2, 0.25) is 0 Å². The number of rotatable bonds is 5. The molecule has 0 unspecified atom stereocenters. The molecule has 1 N–H and O–H groups in total. The summed E-state index contributed by atoms with van der Waals surface area (Å²) >= 11 is 3.37. The number of anilines is 1. The smallest absolute Gasteiger partial charge is 0.380 e. The van der Waals surface area contributed by atoms with Crippen molar-refractivity contribution < 1.29 is 19.1 Å². The number of carbonyl (C=O) groups excluding carboxylic acids is 3. The van der Waals surface area contributed by atoms with Crippen LogP contribution < -0.4 is 5.32 Å². The van der Waals surface area contributed by atoms with Crippen molar-refractivity contribution in [1.82, 2.24) is 9.78 Å². The Bertz CT molecular complexity index is 858. The van der Waals surface area contributed by atoms with Crippen LogP contribution in [0.1, 0.15) is 27.3 Å². The van der Waals surface area contributed by atoms with E-state index in [1.165, 1.54) is 4.68 Å². The van der Waals surface area contributed by atoms with E-state index in [9.17, 15) is 14.4 Å². The number of benzene rings is 1. The first kappa shape index (κ1) is 18.9. The van der Waals surface area contributed by atoms with Gasteiger partial charge in [-0.2, -0.15) is 5.10 Å². The number of halogens is 1. The third-order valence-electron chi connectivity index (χ3n) is 3.70. The molecule has 0 bridgehead atoms. The number of esters is 1. The van der Waals surface area contributed by atoms with Crippen molar-refractivity contribution in [2.24, 2.45) is 7.05 Å². The Morgan fingerprint density at radius 3 is 2.48 bits per heavy atom. The highest BCUT2D eigenvalue weighted by Crippen LogP contribution is 2.20. The summed E-state index contributed by atoms with van der Waals surface area (Å²) < 4.78 is 7.25. The highest BCUT2D eigenvalue weighted by atomic mass is 79.9. The number of nitrogens with zero attached hydrogens (tertiary/aromatic N) is 2. The minimum absolute atomic E-state index is 0.205. The Labute approximate surface area is 153 Å². The van der Waals surface area contributed by atoms with E-state index in [1.807, 2.05) is 6.92 Å². The molecule has 0 saturated carbocycles. The number of ketones is 1. The Morgan fingerprint density at radius 2 is 1.92 bits per heavy atom. The van der Waals surface area contributed by atoms with Crippen molar-refractivity contribution in [3.63, 3.8) is 0 Å². The fourth-order valence-electron chi connectivity index (χ4n) is 2.32. The van der Waals surface area contributed by atoms with E-state index in [-0.39, 0.29) is 5.56 Å². The van der Waals surface area contributed by atoms with Crippen molar-refractivity contribution in [3.8, 4) is 0 Å². The van der Waals surface area contributed by atoms with E-state index >= 15 is 0 Å². The third kappa shape index (κ3) is 4.33. The minimum Gasteiger partial charge on any atom is -0.450 e. The molecule has 132 valence electrons. The van der Waals surface area contributed by atoms with Gasteiger partial charge in [0.25, 0.3) is 11.7 Å². The summed E-state index contributed by atoms with van der Waals surface area (Å²) in [4.78, 5) is 36.0. The molecule has 0 aliphatic carbocycles. The molecule has 1 heterocycles. The zero-order valence-electron chi connectivity index (χ0n) is 14.3. The highest BCUT2D eigenvalue weighted by molar-refractivity contribution is 9.10. The number of ether oxygens (including phenoxy) is 1. The van der Waals surface area contributed by atoms with Crippen LogP contribution in [0, 0.1) is 20.8 Å². The molecule has 1 amide bonds. The molecule has 2 aromatic rings. The molecule has 1 aromatic carbocycles. The van der Waals surface area contributed by atoms with Gasteiger partial charge in [-0.1, -0.05) is 15.9 Å². The number of aromatic nitrogens is 2. The number of amides is 1. The lowest BCUT2D eigenvalue weighted by atomic mass is 10.1. The van der Waals surface area contributed by atoms with Gasteiger partial charge in [-0.3, -0.25) is 14.3 Å². The number of carbonyl (C=O) groups is 3. The van der Waals surface area contributed by atoms with Crippen LogP contribution in [-0.2, 0) is 21.4 Å². The number of Topliss-reactive ketones (excluding diaryl/α,β-unsaturated/α-hetero) is 1. The van der Waals surface area contributed by atoms with Crippen LogP contribution in [0.25, 0.3) is 0 Å². The quantitative estimate of drug-likeness (QED) is 0.467. The molecule has 0 fully saturated rings. The SMILES string of the molecule is Cc1cc(NC(=O)COC(=O)C(=O)c2c(C)nn(C)c2C)ccc1Br. The van der Waals surface area contributed by atoms with Gasteiger partial charge in [0, 0.05) is 22.9 Å². The van der Waals surface area contributed by atoms with E-state index in [4.69, 9.17) is 4.74 Å². The summed E-state index contributed by atoms with van der Waals surface area (Å²) in [6.45, 7) is 4.66. The van der Waals surface area contributed by atoms with E-state index in [1.54, 1.807) is 39.1 Å². The molecule has 1 aromatic heterocycles.